The van der Waals surface area contributed by atoms with Gasteiger partial charge in [-0.15, -0.1) is 0 Å². The molecule has 38 heavy (non-hydrogen) atoms. The van der Waals surface area contributed by atoms with Gasteiger partial charge in [0.05, 0.1) is 13.5 Å². The molecule has 0 saturated carbocycles. The van der Waals surface area contributed by atoms with Crippen molar-refractivity contribution in [1.29, 1.82) is 0 Å². The van der Waals surface area contributed by atoms with Crippen molar-refractivity contribution >= 4 is 11.9 Å². The van der Waals surface area contributed by atoms with E-state index in [0.29, 0.717) is 5.56 Å². The minimum Gasteiger partial charge on any atom is -0.486 e. The van der Waals surface area contributed by atoms with Crippen LogP contribution in [0.25, 0.3) is 0 Å². The number of hydrogen-bond acceptors (Lipinski definition) is 4. The summed E-state index contributed by atoms with van der Waals surface area (Å²) in [5, 5.41) is 2.76. The van der Waals surface area contributed by atoms with Crippen LogP contribution in [0, 0.1) is 0 Å². The minimum absolute atomic E-state index is 0.101. The molecule has 0 aliphatic heterocycles. The van der Waals surface area contributed by atoms with Crippen molar-refractivity contribution in [1.82, 2.24) is 5.32 Å². The van der Waals surface area contributed by atoms with Crippen molar-refractivity contribution in [2.75, 3.05) is 13.7 Å². The maximum absolute atomic E-state index is 12.5. The van der Waals surface area contributed by atoms with E-state index in [1.54, 1.807) is 0 Å². The molecular formula is C33H41NO4. The van der Waals surface area contributed by atoms with Crippen molar-refractivity contribution in [2.45, 2.75) is 70.8 Å². The number of benzene rings is 3. The van der Waals surface area contributed by atoms with Crippen LogP contribution < -0.4 is 10.1 Å². The molecule has 0 saturated heterocycles. The van der Waals surface area contributed by atoms with Crippen LogP contribution in [-0.2, 0) is 14.9 Å². The van der Waals surface area contributed by atoms with Crippen molar-refractivity contribution in [2.24, 2.45) is 0 Å². The van der Waals surface area contributed by atoms with Crippen molar-refractivity contribution in [3.05, 3.63) is 101 Å². The molecule has 0 radical (unpaired) electrons. The Morgan fingerprint density at radius 1 is 0.842 bits per heavy atom. The topological polar surface area (TPSA) is 64.6 Å². The molecule has 3 rings (SSSR count). The molecule has 0 aromatic heterocycles. The minimum atomic E-state index is -0.347. The third-order valence-corrected chi connectivity index (χ3v) is 7.06. The molecule has 0 fully saturated rings. The summed E-state index contributed by atoms with van der Waals surface area (Å²) >= 11 is 0. The number of carbonyl (C=O) groups excluding carboxylic acids is 2. The number of amides is 1. The fourth-order valence-electron chi connectivity index (χ4n) is 4.52. The van der Waals surface area contributed by atoms with Crippen LogP contribution >= 0.6 is 0 Å². The first-order chi connectivity index (χ1) is 18.3. The second-order valence-corrected chi connectivity index (χ2v) is 10.2. The van der Waals surface area contributed by atoms with Gasteiger partial charge in [-0.1, -0.05) is 94.6 Å². The van der Waals surface area contributed by atoms with Crippen molar-refractivity contribution in [3.8, 4) is 5.75 Å². The Labute approximate surface area is 227 Å². The second-order valence-electron chi connectivity index (χ2n) is 10.2. The average Bonchev–Trinajstić information content (AvgIpc) is 2.95. The van der Waals surface area contributed by atoms with E-state index in [9.17, 15) is 9.59 Å². The van der Waals surface area contributed by atoms with Crippen molar-refractivity contribution < 1.29 is 19.1 Å². The molecule has 1 amide bonds. The maximum atomic E-state index is 12.5. The van der Waals surface area contributed by atoms with Gasteiger partial charge < -0.3 is 14.8 Å². The van der Waals surface area contributed by atoms with E-state index < -0.39 is 0 Å². The quantitative estimate of drug-likeness (QED) is 0.179. The van der Waals surface area contributed by atoms with Gasteiger partial charge in [0.15, 0.2) is 0 Å². The molecule has 0 bridgehead atoms. The predicted molar refractivity (Wildman–Crippen MR) is 153 cm³/mol. The van der Waals surface area contributed by atoms with Gasteiger partial charge in [-0.25, -0.2) is 0 Å². The van der Waals surface area contributed by atoms with Gasteiger partial charge in [0.1, 0.15) is 11.9 Å². The van der Waals surface area contributed by atoms with E-state index >= 15 is 0 Å². The summed E-state index contributed by atoms with van der Waals surface area (Å²) in [6.45, 7) is 6.93. The zero-order valence-electron chi connectivity index (χ0n) is 23.2. The Morgan fingerprint density at radius 3 is 2.13 bits per heavy atom. The molecular weight excluding hydrogens is 474 g/mol. The molecule has 1 unspecified atom stereocenters. The van der Waals surface area contributed by atoms with Crippen LogP contribution in [0.15, 0.2) is 78.9 Å². The Kier molecular flexibility index (Phi) is 11.0. The zero-order chi connectivity index (χ0) is 27.4. The number of methoxy groups -OCH3 is 1. The monoisotopic (exact) mass is 515 g/mol. The molecule has 3 aromatic rings. The first-order valence-corrected chi connectivity index (χ1v) is 13.6. The largest absolute Gasteiger partial charge is 0.486 e. The lowest BCUT2D eigenvalue weighted by Crippen LogP contribution is -2.26. The first-order valence-electron chi connectivity index (χ1n) is 13.6. The summed E-state index contributed by atoms with van der Waals surface area (Å²) in [4.78, 5) is 23.7. The van der Waals surface area contributed by atoms with Crippen LogP contribution in [0.3, 0.4) is 0 Å². The van der Waals surface area contributed by atoms with E-state index in [-0.39, 0.29) is 36.4 Å². The van der Waals surface area contributed by atoms with Crippen molar-refractivity contribution in [3.63, 3.8) is 0 Å². The molecule has 5 heteroatoms. The fourth-order valence-corrected chi connectivity index (χ4v) is 4.52. The van der Waals surface area contributed by atoms with Gasteiger partial charge in [-0.05, 0) is 53.8 Å². The highest BCUT2D eigenvalue weighted by Crippen LogP contribution is 2.34. The molecule has 5 nitrogen and oxygen atoms in total. The number of unbranched alkanes of at least 4 members (excludes halogenated alkanes) is 3. The smallest absolute Gasteiger partial charge is 0.307 e. The summed E-state index contributed by atoms with van der Waals surface area (Å²) in [6, 6.07) is 26.5. The van der Waals surface area contributed by atoms with E-state index in [1.807, 2.05) is 30.3 Å². The molecule has 0 aliphatic carbocycles. The zero-order valence-corrected chi connectivity index (χ0v) is 23.2. The Balaban J connectivity index is 1.70. The SMILES string of the molecule is CCCCCCC(Oc1ccc(C(C)(C)c2ccccc2)cc1)c1ccc(C(=O)NCCC(=O)OC)cc1. The molecule has 3 aromatic carbocycles. The Bertz CT molecular complexity index is 1140. The lowest BCUT2D eigenvalue weighted by Gasteiger charge is -2.27. The average molecular weight is 516 g/mol. The summed E-state index contributed by atoms with van der Waals surface area (Å²) < 4.78 is 11.1. The second kappa shape index (κ2) is 14.4. The van der Waals surface area contributed by atoms with Gasteiger partial charge in [0.2, 0.25) is 0 Å². The van der Waals surface area contributed by atoms with E-state index in [4.69, 9.17) is 4.74 Å². The van der Waals surface area contributed by atoms with Crippen LogP contribution in [0.5, 0.6) is 5.75 Å². The summed E-state index contributed by atoms with van der Waals surface area (Å²) in [7, 11) is 1.34. The lowest BCUT2D eigenvalue weighted by atomic mass is 9.78. The van der Waals surface area contributed by atoms with Gasteiger partial charge in [0, 0.05) is 17.5 Å². The Morgan fingerprint density at radius 2 is 1.50 bits per heavy atom. The number of esters is 1. The molecule has 0 spiro atoms. The van der Waals surface area contributed by atoms with Gasteiger partial charge in [0.25, 0.3) is 5.91 Å². The normalized spacial score (nSPS) is 12.0. The highest BCUT2D eigenvalue weighted by molar-refractivity contribution is 5.94. The number of nitrogens with one attached hydrogen (secondary N) is 1. The first kappa shape index (κ1) is 29.0. The third kappa shape index (κ3) is 8.20. The van der Waals surface area contributed by atoms with Gasteiger partial charge in [-0.3, -0.25) is 9.59 Å². The number of ether oxygens (including phenoxy) is 2. The van der Waals surface area contributed by atoms with E-state index in [1.165, 1.54) is 37.5 Å². The standard InChI is InChI=1S/C33H41NO4/c1-5-6-7-11-14-30(25-15-17-26(18-16-25)32(36)34-24-23-31(35)37-4)38-29-21-19-28(20-22-29)33(2,3)27-12-9-8-10-13-27/h8-10,12-13,15-22,30H,5-7,11,14,23-24H2,1-4H3,(H,34,36). The third-order valence-electron chi connectivity index (χ3n) is 7.06. The van der Waals surface area contributed by atoms with Gasteiger partial charge in [-0.2, -0.15) is 0 Å². The molecule has 202 valence electrons. The molecule has 0 heterocycles. The van der Waals surface area contributed by atoms with Gasteiger partial charge >= 0.3 is 5.97 Å². The van der Waals surface area contributed by atoms with E-state index in [0.717, 1.165) is 24.2 Å². The van der Waals surface area contributed by atoms with Crippen LogP contribution in [0.2, 0.25) is 0 Å². The maximum Gasteiger partial charge on any atom is 0.307 e. The highest BCUT2D eigenvalue weighted by Gasteiger charge is 2.23. The summed E-state index contributed by atoms with van der Waals surface area (Å²) in [5.41, 5.74) is 4.00. The molecule has 0 aliphatic rings. The lowest BCUT2D eigenvalue weighted by molar-refractivity contribution is -0.140. The Hall–Kier alpha value is -3.60. The summed E-state index contributed by atoms with van der Waals surface area (Å²) in [6.07, 6.45) is 5.59. The number of carbonyl (C=O) groups is 2. The summed E-state index contributed by atoms with van der Waals surface area (Å²) in [5.74, 6) is 0.278. The van der Waals surface area contributed by atoms with Crippen LogP contribution in [0.4, 0.5) is 0 Å². The molecule has 1 atom stereocenters. The highest BCUT2D eigenvalue weighted by atomic mass is 16.5. The predicted octanol–water partition coefficient (Wildman–Crippen LogP) is 7.40. The fraction of sp³-hybridized carbons (Fsp3) is 0.394. The van der Waals surface area contributed by atoms with Crippen LogP contribution in [0.1, 0.15) is 92.4 Å². The number of rotatable bonds is 14. The molecule has 1 N–H and O–H groups in total. The van der Waals surface area contributed by atoms with Crippen LogP contribution in [-0.4, -0.2) is 25.5 Å². The number of hydrogen-bond donors (Lipinski definition) is 1. The van der Waals surface area contributed by atoms with E-state index in [2.05, 4.69) is 79.4 Å².